The molecule has 0 aromatic heterocycles. The van der Waals surface area contributed by atoms with Crippen molar-refractivity contribution in [3.8, 4) is 0 Å². The Morgan fingerprint density at radius 1 is 1.06 bits per heavy atom. The number of hydrogen-bond acceptors (Lipinski definition) is 1. The van der Waals surface area contributed by atoms with Crippen LogP contribution in [0.1, 0.15) is 64.9 Å². The van der Waals surface area contributed by atoms with E-state index in [0.29, 0.717) is 12.0 Å². The molecule has 1 N–H and O–H groups in total. The summed E-state index contributed by atoms with van der Waals surface area (Å²) in [6, 6.07) is 9.24. The molecule has 0 aliphatic carbocycles. The summed E-state index contributed by atoms with van der Waals surface area (Å²) in [5.74, 6) is 0.585. The molecule has 0 saturated heterocycles. The van der Waals surface area contributed by atoms with E-state index < -0.39 is 0 Å². The zero-order chi connectivity index (χ0) is 12.7. The largest absolute Gasteiger partial charge is 0.382 e. The van der Waals surface area contributed by atoms with Gasteiger partial charge in [-0.1, -0.05) is 58.2 Å². The van der Waals surface area contributed by atoms with Gasteiger partial charge in [-0.3, -0.25) is 0 Å². The second kappa shape index (κ2) is 7.37. The van der Waals surface area contributed by atoms with Gasteiger partial charge in [-0.2, -0.15) is 0 Å². The van der Waals surface area contributed by atoms with Crippen molar-refractivity contribution >= 4 is 5.69 Å². The zero-order valence-corrected chi connectivity index (χ0v) is 11.8. The predicted octanol–water partition coefficient (Wildman–Crippen LogP) is 5.19. The van der Waals surface area contributed by atoms with E-state index in [1.165, 1.54) is 36.9 Å². The minimum Gasteiger partial charge on any atom is -0.382 e. The zero-order valence-electron chi connectivity index (χ0n) is 11.8. The Morgan fingerprint density at radius 3 is 2.41 bits per heavy atom. The lowest BCUT2D eigenvalue weighted by Gasteiger charge is -2.19. The molecule has 0 aliphatic heterocycles. The average molecular weight is 233 g/mol. The van der Waals surface area contributed by atoms with Crippen molar-refractivity contribution in [1.82, 2.24) is 0 Å². The first-order chi connectivity index (χ1) is 8.15. The molecule has 96 valence electrons. The molecule has 0 fully saturated rings. The molecule has 1 heteroatoms. The highest BCUT2D eigenvalue weighted by molar-refractivity contribution is 5.53. The monoisotopic (exact) mass is 233 g/mol. The van der Waals surface area contributed by atoms with E-state index >= 15 is 0 Å². The Balaban J connectivity index is 2.55. The van der Waals surface area contributed by atoms with Crippen molar-refractivity contribution in [2.45, 2.75) is 65.3 Å². The molecular weight excluding hydrogens is 206 g/mol. The van der Waals surface area contributed by atoms with Crippen molar-refractivity contribution in [2.75, 3.05) is 5.32 Å². The van der Waals surface area contributed by atoms with Gasteiger partial charge in [0.25, 0.3) is 0 Å². The number of anilines is 1. The van der Waals surface area contributed by atoms with Gasteiger partial charge in [-0.15, -0.1) is 0 Å². The molecule has 0 radical (unpaired) electrons. The van der Waals surface area contributed by atoms with E-state index in [2.05, 4.69) is 57.3 Å². The normalized spacial score (nSPS) is 12.8. The van der Waals surface area contributed by atoms with Crippen LogP contribution in [0, 0.1) is 0 Å². The molecule has 1 aromatic rings. The van der Waals surface area contributed by atoms with Gasteiger partial charge in [-0.05, 0) is 30.9 Å². The smallest absolute Gasteiger partial charge is 0.0377 e. The number of hydrogen-bond donors (Lipinski definition) is 1. The highest BCUT2D eigenvalue weighted by Crippen LogP contribution is 2.24. The van der Waals surface area contributed by atoms with Gasteiger partial charge in [-0.25, -0.2) is 0 Å². The van der Waals surface area contributed by atoms with Crippen LogP contribution in [0.15, 0.2) is 24.3 Å². The van der Waals surface area contributed by atoms with Crippen LogP contribution in [0.25, 0.3) is 0 Å². The van der Waals surface area contributed by atoms with E-state index in [1.54, 1.807) is 0 Å². The molecular formula is C16H27N. The summed E-state index contributed by atoms with van der Waals surface area (Å²) < 4.78 is 0. The molecule has 1 nitrogen and oxygen atoms in total. The maximum Gasteiger partial charge on any atom is 0.0377 e. The minimum atomic E-state index is 0.571. The summed E-state index contributed by atoms with van der Waals surface area (Å²) in [6.45, 7) is 9.05. The van der Waals surface area contributed by atoms with Crippen molar-refractivity contribution < 1.29 is 0 Å². The summed E-state index contributed by atoms with van der Waals surface area (Å²) in [5.41, 5.74) is 2.74. The van der Waals surface area contributed by atoms with Gasteiger partial charge in [0.1, 0.15) is 0 Å². The SMILES string of the molecule is CCCCCC(C)Nc1ccccc1C(C)C. The van der Waals surface area contributed by atoms with Gasteiger partial charge in [0, 0.05) is 11.7 Å². The summed E-state index contributed by atoms with van der Waals surface area (Å²) in [4.78, 5) is 0. The highest BCUT2D eigenvalue weighted by atomic mass is 14.9. The third kappa shape index (κ3) is 4.80. The van der Waals surface area contributed by atoms with Gasteiger partial charge in [0.05, 0.1) is 0 Å². The fourth-order valence-corrected chi connectivity index (χ4v) is 2.17. The Hall–Kier alpha value is -0.980. The maximum absolute atomic E-state index is 3.65. The van der Waals surface area contributed by atoms with Crippen molar-refractivity contribution in [3.63, 3.8) is 0 Å². The quantitative estimate of drug-likeness (QED) is 0.639. The Kier molecular flexibility index (Phi) is 6.10. The van der Waals surface area contributed by atoms with Crippen molar-refractivity contribution in [3.05, 3.63) is 29.8 Å². The molecule has 0 heterocycles. The van der Waals surface area contributed by atoms with Crippen LogP contribution in [0.4, 0.5) is 5.69 Å². The summed E-state index contributed by atoms with van der Waals surface area (Å²) >= 11 is 0. The first-order valence-electron chi connectivity index (χ1n) is 7.00. The Morgan fingerprint density at radius 2 is 1.76 bits per heavy atom. The minimum absolute atomic E-state index is 0.571. The third-order valence-corrected chi connectivity index (χ3v) is 3.23. The lowest BCUT2D eigenvalue weighted by Crippen LogP contribution is -2.16. The summed E-state index contributed by atoms with van der Waals surface area (Å²) in [5, 5.41) is 3.65. The fraction of sp³-hybridized carbons (Fsp3) is 0.625. The van der Waals surface area contributed by atoms with Crippen LogP contribution in [0.3, 0.4) is 0 Å². The van der Waals surface area contributed by atoms with Gasteiger partial charge in [0.15, 0.2) is 0 Å². The lowest BCUT2D eigenvalue weighted by molar-refractivity contribution is 0.614. The van der Waals surface area contributed by atoms with E-state index in [-0.39, 0.29) is 0 Å². The van der Waals surface area contributed by atoms with Gasteiger partial charge < -0.3 is 5.32 Å². The molecule has 1 unspecified atom stereocenters. The second-order valence-electron chi connectivity index (χ2n) is 5.28. The first-order valence-corrected chi connectivity index (χ1v) is 7.00. The number of rotatable bonds is 7. The van der Waals surface area contributed by atoms with Crippen LogP contribution >= 0.6 is 0 Å². The third-order valence-electron chi connectivity index (χ3n) is 3.23. The molecule has 0 bridgehead atoms. The van der Waals surface area contributed by atoms with Gasteiger partial charge in [0.2, 0.25) is 0 Å². The van der Waals surface area contributed by atoms with E-state index in [0.717, 1.165) is 0 Å². The maximum atomic E-state index is 3.65. The molecule has 1 aromatic carbocycles. The standard InChI is InChI=1S/C16H27N/c1-5-6-7-10-14(4)17-16-12-9-8-11-15(16)13(2)3/h8-9,11-14,17H,5-7,10H2,1-4H3. The number of para-hydroxylation sites is 1. The van der Waals surface area contributed by atoms with Crippen LogP contribution in [0.5, 0.6) is 0 Å². The number of benzene rings is 1. The predicted molar refractivity (Wildman–Crippen MR) is 77.8 cm³/mol. The molecule has 0 spiro atoms. The van der Waals surface area contributed by atoms with Crippen LogP contribution in [-0.2, 0) is 0 Å². The Bertz CT molecular complexity index is 317. The molecule has 0 aliphatic rings. The van der Waals surface area contributed by atoms with E-state index in [4.69, 9.17) is 0 Å². The molecule has 1 rings (SSSR count). The number of nitrogens with one attached hydrogen (secondary N) is 1. The van der Waals surface area contributed by atoms with Crippen molar-refractivity contribution in [2.24, 2.45) is 0 Å². The lowest BCUT2D eigenvalue weighted by atomic mass is 10.0. The van der Waals surface area contributed by atoms with E-state index in [1.807, 2.05) is 0 Å². The van der Waals surface area contributed by atoms with Crippen LogP contribution in [-0.4, -0.2) is 6.04 Å². The van der Waals surface area contributed by atoms with Crippen LogP contribution in [0.2, 0.25) is 0 Å². The average Bonchev–Trinajstić information content (AvgIpc) is 2.29. The fourth-order valence-electron chi connectivity index (χ4n) is 2.17. The van der Waals surface area contributed by atoms with Crippen LogP contribution < -0.4 is 5.32 Å². The Labute approximate surface area is 107 Å². The topological polar surface area (TPSA) is 12.0 Å². The summed E-state index contributed by atoms with van der Waals surface area (Å²) in [6.07, 6.45) is 5.24. The van der Waals surface area contributed by atoms with Gasteiger partial charge >= 0.3 is 0 Å². The molecule has 17 heavy (non-hydrogen) atoms. The molecule has 1 atom stereocenters. The molecule has 0 saturated carbocycles. The van der Waals surface area contributed by atoms with E-state index in [9.17, 15) is 0 Å². The number of unbranched alkanes of at least 4 members (excludes halogenated alkanes) is 2. The second-order valence-corrected chi connectivity index (χ2v) is 5.28. The summed E-state index contributed by atoms with van der Waals surface area (Å²) in [7, 11) is 0. The first kappa shape index (κ1) is 14.1. The van der Waals surface area contributed by atoms with Crippen molar-refractivity contribution in [1.29, 1.82) is 0 Å². The molecule has 0 amide bonds. The highest BCUT2D eigenvalue weighted by Gasteiger charge is 2.08.